The van der Waals surface area contributed by atoms with E-state index in [2.05, 4.69) is 0 Å². The van der Waals surface area contributed by atoms with E-state index >= 15 is 0 Å². The second kappa shape index (κ2) is 9.15. The normalized spacial score (nSPS) is 37.2. The second-order valence-electron chi connectivity index (χ2n) is 5.43. The van der Waals surface area contributed by atoms with Crippen LogP contribution in [0.2, 0.25) is 0 Å². The number of hydrogen-bond acceptors (Lipinski definition) is 11. The van der Waals surface area contributed by atoms with Gasteiger partial charge < -0.3 is 56.1 Å². The summed E-state index contributed by atoms with van der Waals surface area (Å²) in [6.45, 7) is -1.86. The first kappa shape index (κ1) is 20.6. The molecule has 1 heterocycles. The predicted molar refractivity (Wildman–Crippen MR) is 72.8 cm³/mol. The van der Waals surface area contributed by atoms with Gasteiger partial charge in [-0.3, -0.25) is 0 Å². The molecular formula is C12H25NO10. The molecule has 9 atom stereocenters. The van der Waals surface area contributed by atoms with Gasteiger partial charge in [0.15, 0.2) is 6.29 Å². The average Bonchev–Trinajstić information content (AvgIpc) is 2.56. The Bertz CT molecular complexity index is 346. The third-order valence-electron chi connectivity index (χ3n) is 3.67. The van der Waals surface area contributed by atoms with Gasteiger partial charge in [0.1, 0.15) is 36.6 Å². The molecule has 11 heteroatoms. The Morgan fingerprint density at radius 1 is 0.957 bits per heavy atom. The smallest absolute Gasteiger partial charge is 0.186 e. The van der Waals surface area contributed by atoms with Crippen molar-refractivity contribution in [2.24, 2.45) is 5.73 Å². The highest BCUT2D eigenvalue weighted by Crippen LogP contribution is 2.22. The van der Waals surface area contributed by atoms with Crippen LogP contribution in [0.3, 0.4) is 0 Å². The van der Waals surface area contributed by atoms with Crippen LogP contribution in [0.1, 0.15) is 0 Å². The van der Waals surface area contributed by atoms with E-state index < -0.39 is 74.9 Å². The molecule has 0 bridgehead atoms. The molecule has 0 aliphatic carbocycles. The van der Waals surface area contributed by atoms with Crippen LogP contribution in [-0.4, -0.2) is 116 Å². The first-order valence-electron chi connectivity index (χ1n) is 7.07. The van der Waals surface area contributed by atoms with Crippen LogP contribution in [0.5, 0.6) is 0 Å². The lowest BCUT2D eigenvalue weighted by Crippen LogP contribution is -2.59. The van der Waals surface area contributed by atoms with Gasteiger partial charge in [-0.15, -0.1) is 0 Å². The standard InChI is InChI=1S/C12H25NO10/c13-4(1-14)7(17)8(18)5(16)3-22-12-11(21)10(20)9(19)6(2-15)23-12/h4-12,14-21H,1-3,13H2/t4?,5-,6-,7-,8-,9-,10+,11-,12+/m1/s1. The van der Waals surface area contributed by atoms with Gasteiger partial charge in [0.05, 0.1) is 32.0 Å². The first-order chi connectivity index (χ1) is 10.7. The third kappa shape index (κ3) is 5.01. The van der Waals surface area contributed by atoms with E-state index in [-0.39, 0.29) is 0 Å². The summed E-state index contributed by atoms with van der Waals surface area (Å²) in [6.07, 6.45) is -12.5. The molecule has 138 valence electrons. The van der Waals surface area contributed by atoms with Crippen molar-refractivity contribution >= 4 is 0 Å². The molecule has 0 radical (unpaired) electrons. The van der Waals surface area contributed by atoms with Crippen molar-refractivity contribution in [3.05, 3.63) is 0 Å². The highest BCUT2D eigenvalue weighted by molar-refractivity contribution is 4.89. The van der Waals surface area contributed by atoms with E-state index in [1.54, 1.807) is 0 Å². The zero-order valence-corrected chi connectivity index (χ0v) is 12.3. The number of ether oxygens (including phenoxy) is 2. The maximum absolute atomic E-state index is 9.72. The van der Waals surface area contributed by atoms with Crippen LogP contribution < -0.4 is 5.73 Å². The van der Waals surface area contributed by atoms with E-state index in [1.165, 1.54) is 0 Å². The van der Waals surface area contributed by atoms with Crippen LogP contribution in [0, 0.1) is 0 Å². The monoisotopic (exact) mass is 343 g/mol. The summed E-state index contributed by atoms with van der Waals surface area (Å²) >= 11 is 0. The molecule has 1 rings (SSSR count). The van der Waals surface area contributed by atoms with Gasteiger partial charge in [0.2, 0.25) is 0 Å². The number of hydrogen-bond donors (Lipinski definition) is 9. The molecule has 11 nitrogen and oxygen atoms in total. The van der Waals surface area contributed by atoms with Crippen molar-refractivity contribution in [1.82, 2.24) is 0 Å². The molecule has 1 fully saturated rings. The number of aliphatic hydroxyl groups is 8. The van der Waals surface area contributed by atoms with Gasteiger partial charge in [0.25, 0.3) is 0 Å². The second-order valence-corrected chi connectivity index (χ2v) is 5.43. The topological polar surface area (TPSA) is 206 Å². The van der Waals surface area contributed by atoms with E-state index in [4.69, 9.17) is 25.4 Å². The van der Waals surface area contributed by atoms with Crippen molar-refractivity contribution in [3.8, 4) is 0 Å². The van der Waals surface area contributed by atoms with E-state index in [0.717, 1.165) is 0 Å². The van der Waals surface area contributed by atoms with Gasteiger partial charge >= 0.3 is 0 Å². The summed E-state index contributed by atoms with van der Waals surface area (Å²) in [7, 11) is 0. The minimum absolute atomic E-state index is 0.612. The summed E-state index contributed by atoms with van der Waals surface area (Å²) < 4.78 is 10.1. The lowest BCUT2D eigenvalue weighted by molar-refractivity contribution is -0.306. The highest BCUT2D eigenvalue weighted by Gasteiger charge is 2.44. The Kier molecular flexibility index (Phi) is 8.20. The molecular weight excluding hydrogens is 318 g/mol. The predicted octanol–water partition coefficient (Wildman–Crippen LogP) is -5.79. The molecule has 0 amide bonds. The molecule has 10 N–H and O–H groups in total. The van der Waals surface area contributed by atoms with Crippen molar-refractivity contribution in [3.63, 3.8) is 0 Å². The van der Waals surface area contributed by atoms with Gasteiger partial charge in [-0.05, 0) is 0 Å². The van der Waals surface area contributed by atoms with Crippen LogP contribution in [0.15, 0.2) is 0 Å². The fraction of sp³-hybridized carbons (Fsp3) is 1.00. The van der Waals surface area contributed by atoms with Crippen molar-refractivity contribution < 1.29 is 50.3 Å². The van der Waals surface area contributed by atoms with Crippen molar-refractivity contribution in [1.29, 1.82) is 0 Å². The van der Waals surface area contributed by atoms with E-state index in [9.17, 15) is 30.6 Å². The number of aliphatic hydroxyl groups excluding tert-OH is 8. The first-order valence-corrected chi connectivity index (χ1v) is 7.07. The SMILES string of the molecule is NC(CO)[C@@H](O)[C@H](O)[C@H](O)CO[C@H]1O[C@H](CO)[C@@H](O)[C@H](O)[C@H]1O. The Morgan fingerprint density at radius 3 is 2.09 bits per heavy atom. The maximum atomic E-state index is 9.72. The molecule has 1 saturated heterocycles. The molecule has 0 aromatic carbocycles. The molecule has 0 saturated carbocycles. The Hall–Kier alpha value is -0.440. The summed E-state index contributed by atoms with van der Waals surface area (Å²) in [4.78, 5) is 0. The van der Waals surface area contributed by atoms with Gasteiger partial charge in [0, 0.05) is 0 Å². The van der Waals surface area contributed by atoms with Crippen molar-refractivity contribution in [2.45, 2.75) is 55.1 Å². The zero-order chi connectivity index (χ0) is 17.7. The van der Waals surface area contributed by atoms with Crippen molar-refractivity contribution in [2.75, 3.05) is 19.8 Å². The largest absolute Gasteiger partial charge is 0.395 e. The molecule has 1 unspecified atom stereocenters. The average molecular weight is 343 g/mol. The van der Waals surface area contributed by atoms with E-state index in [0.29, 0.717) is 0 Å². The quantitative estimate of drug-likeness (QED) is 0.203. The summed E-state index contributed by atoms with van der Waals surface area (Å²) in [5, 5.41) is 75.6. The summed E-state index contributed by atoms with van der Waals surface area (Å²) in [5.41, 5.74) is 5.32. The number of nitrogens with two attached hydrogens (primary N) is 1. The fourth-order valence-corrected chi connectivity index (χ4v) is 2.09. The molecule has 0 aromatic heterocycles. The lowest BCUT2D eigenvalue weighted by Gasteiger charge is -2.40. The Balaban J connectivity index is 2.55. The van der Waals surface area contributed by atoms with Crippen LogP contribution in [0.25, 0.3) is 0 Å². The maximum Gasteiger partial charge on any atom is 0.186 e. The van der Waals surface area contributed by atoms with Gasteiger partial charge in [-0.25, -0.2) is 0 Å². The molecule has 1 aliphatic rings. The third-order valence-corrected chi connectivity index (χ3v) is 3.67. The molecule has 0 aromatic rings. The minimum Gasteiger partial charge on any atom is -0.395 e. The summed E-state index contributed by atoms with van der Waals surface area (Å²) in [5.74, 6) is 0. The van der Waals surface area contributed by atoms with Crippen LogP contribution >= 0.6 is 0 Å². The fourth-order valence-electron chi connectivity index (χ4n) is 2.09. The summed E-state index contributed by atoms with van der Waals surface area (Å²) in [6, 6.07) is -1.17. The highest BCUT2D eigenvalue weighted by atomic mass is 16.7. The number of rotatable bonds is 8. The molecule has 1 aliphatic heterocycles. The Labute approximate surface area is 132 Å². The van der Waals surface area contributed by atoms with Crippen LogP contribution in [-0.2, 0) is 9.47 Å². The lowest BCUT2D eigenvalue weighted by atomic mass is 9.99. The zero-order valence-electron chi connectivity index (χ0n) is 12.3. The van der Waals surface area contributed by atoms with Gasteiger partial charge in [-0.1, -0.05) is 0 Å². The van der Waals surface area contributed by atoms with E-state index in [1.807, 2.05) is 0 Å². The van der Waals surface area contributed by atoms with Crippen LogP contribution in [0.4, 0.5) is 0 Å². The minimum atomic E-state index is -1.73. The van der Waals surface area contributed by atoms with Gasteiger partial charge in [-0.2, -0.15) is 0 Å². The Morgan fingerprint density at radius 2 is 1.57 bits per heavy atom. The molecule has 0 spiro atoms. The molecule has 23 heavy (non-hydrogen) atoms.